The van der Waals surface area contributed by atoms with Crippen molar-refractivity contribution in [1.82, 2.24) is 0 Å². The summed E-state index contributed by atoms with van der Waals surface area (Å²) in [6, 6.07) is 0. The first-order valence-corrected chi connectivity index (χ1v) is 3.83. The van der Waals surface area contributed by atoms with E-state index in [1.165, 1.54) is 0 Å². The van der Waals surface area contributed by atoms with Crippen molar-refractivity contribution in [2.24, 2.45) is 5.41 Å². The standard InChI is InChI=1S/C10H14N/c1-10(2,3)8-6-4-5-7-9(8)11/h4-7,11H,1-3H3/q+1. The molecule has 11 heavy (non-hydrogen) atoms. The molecule has 1 rings (SSSR count). The molecule has 0 atom stereocenters. The molecule has 1 aliphatic rings. The van der Waals surface area contributed by atoms with Gasteiger partial charge in [0.15, 0.2) is 5.71 Å². The molecule has 1 aliphatic carbocycles. The Balaban J connectivity index is 2.93. The fourth-order valence-electron chi connectivity index (χ4n) is 1.14. The molecule has 0 aromatic carbocycles. The summed E-state index contributed by atoms with van der Waals surface area (Å²) in [5.74, 6) is 0. The van der Waals surface area contributed by atoms with E-state index in [9.17, 15) is 0 Å². The molecule has 1 N–H and O–H groups in total. The first-order chi connectivity index (χ1) is 5.02. The van der Waals surface area contributed by atoms with Gasteiger partial charge in [0.05, 0.1) is 24.1 Å². The van der Waals surface area contributed by atoms with E-state index >= 15 is 0 Å². The van der Waals surface area contributed by atoms with Crippen LogP contribution in [0.15, 0.2) is 23.8 Å². The average Bonchev–Trinajstić information content (AvgIpc) is 1.86. The number of rotatable bonds is 0. The second kappa shape index (κ2) is 2.57. The zero-order valence-corrected chi connectivity index (χ0v) is 7.31. The number of hydrogen-bond acceptors (Lipinski definition) is 1. The minimum Gasteiger partial charge on any atom is -0.275 e. The molecule has 0 saturated carbocycles. The van der Waals surface area contributed by atoms with Crippen LogP contribution in [0.3, 0.4) is 0 Å². The number of allylic oxidation sites excluding steroid dienone is 4. The van der Waals surface area contributed by atoms with E-state index in [-0.39, 0.29) is 5.41 Å². The van der Waals surface area contributed by atoms with E-state index in [2.05, 4.69) is 20.8 Å². The Labute approximate surface area is 68.3 Å². The summed E-state index contributed by atoms with van der Waals surface area (Å²) in [4.78, 5) is 0. The normalized spacial score (nSPS) is 17.7. The Bertz CT molecular complexity index is 226. The molecule has 0 saturated heterocycles. The summed E-state index contributed by atoms with van der Waals surface area (Å²) in [5.41, 5.74) is 1.85. The summed E-state index contributed by atoms with van der Waals surface area (Å²) in [6.07, 6.45) is 7.74. The van der Waals surface area contributed by atoms with Gasteiger partial charge in [0, 0.05) is 11.5 Å². The quantitative estimate of drug-likeness (QED) is 0.511. The highest BCUT2D eigenvalue weighted by Gasteiger charge is 2.27. The van der Waals surface area contributed by atoms with Gasteiger partial charge in [0.25, 0.3) is 0 Å². The smallest absolute Gasteiger partial charge is 0.169 e. The second-order valence-electron chi connectivity index (χ2n) is 3.80. The fourth-order valence-corrected chi connectivity index (χ4v) is 1.14. The Morgan fingerprint density at radius 2 is 2.00 bits per heavy atom. The molecule has 0 heterocycles. The minimum absolute atomic E-state index is 0.0956. The van der Waals surface area contributed by atoms with Crippen molar-refractivity contribution in [3.05, 3.63) is 30.2 Å². The maximum atomic E-state index is 7.63. The van der Waals surface area contributed by atoms with E-state index < -0.39 is 0 Å². The van der Waals surface area contributed by atoms with Crippen molar-refractivity contribution in [3.8, 4) is 0 Å². The molecule has 0 amide bonds. The molecule has 0 bridgehead atoms. The third-order valence-corrected chi connectivity index (χ3v) is 1.74. The maximum absolute atomic E-state index is 7.63. The van der Waals surface area contributed by atoms with E-state index in [1.54, 1.807) is 0 Å². The van der Waals surface area contributed by atoms with Crippen LogP contribution in [0.2, 0.25) is 0 Å². The van der Waals surface area contributed by atoms with Crippen molar-refractivity contribution in [2.75, 3.05) is 0 Å². The largest absolute Gasteiger partial charge is 0.275 e. The lowest BCUT2D eigenvalue weighted by atomic mass is 9.81. The van der Waals surface area contributed by atoms with Gasteiger partial charge in [-0.25, -0.2) is 0 Å². The SMILES string of the molecule is CC(C)(C)C1=CC=C[CH+]C1=N. The van der Waals surface area contributed by atoms with Crippen LogP contribution in [-0.2, 0) is 0 Å². The van der Waals surface area contributed by atoms with Crippen LogP contribution in [0.25, 0.3) is 0 Å². The average molecular weight is 148 g/mol. The Hall–Kier alpha value is -0.980. The second-order valence-corrected chi connectivity index (χ2v) is 3.80. The lowest BCUT2D eigenvalue weighted by molar-refractivity contribution is 0.524. The van der Waals surface area contributed by atoms with Crippen LogP contribution in [0.4, 0.5) is 0 Å². The van der Waals surface area contributed by atoms with Crippen LogP contribution < -0.4 is 0 Å². The zero-order chi connectivity index (χ0) is 8.48. The molecular weight excluding hydrogens is 134 g/mol. The van der Waals surface area contributed by atoms with Gasteiger partial charge in [-0.3, -0.25) is 5.41 Å². The number of hydrogen-bond donors (Lipinski definition) is 1. The van der Waals surface area contributed by atoms with Crippen molar-refractivity contribution >= 4 is 5.71 Å². The highest BCUT2D eigenvalue weighted by atomic mass is 14.4. The van der Waals surface area contributed by atoms with Gasteiger partial charge in [-0.2, -0.15) is 0 Å². The molecule has 1 nitrogen and oxygen atoms in total. The van der Waals surface area contributed by atoms with Crippen LogP contribution in [0, 0.1) is 17.2 Å². The van der Waals surface area contributed by atoms with Crippen LogP contribution in [-0.4, -0.2) is 5.71 Å². The van der Waals surface area contributed by atoms with Crippen molar-refractivity contribution in [2.45, 2.75) is 20.8 Å². The zero-order valence-electron chi connectivity index (χ0n) is 7.31. The summed E-state index contributed by atoms with van der Waals surface area (Å²) >= 11 is 0. The van der Waals surface area contributed by atoms with Gasteiger partial charge in [0.1, 0.15) is 0 Å². The van der Waals surface area contributed by atoms with Crippen LogP contribution in [0.5, 0.6) is 0 Å². The maximum Gasteiger partial charge on any atom is 0.169 e. The monoisotopic (exact) mass is 148 g/mol. The lowest BCUT2D eigenvalue weighted by Gasteiger charge is -2.17. The highest BCUT2D eigenvalue weighted by Crippen LogP contribution is 2.28. The molecule has 0 aliphatic heterocycles. The summed E-state index contributed by atoms with van der Waals surface area (Å²) in [7, 11) is 0. The molecule has 0 aromatic heterocycles. The highest BCUT2D eigenvalue weighted by molar-refractivity contribution is 6.07. The summed E-state index contributed by atoms with van der Waals surface area (Å²) < 4.78 is 0. The Morgan fingerprint density at radius 3 is 2.36 bits per heavy atom. The molecule has 1 heteroatoms. The third kappa shape index (κ3) is 1.73. The Morgan fingerprint density at radius 1 is 1.36 bits per heavy atom. The van der Waals surface area contributed by atoms with Gasteiger partial charge >= 0.3 is 0 Å². The molecule has 0 unspecified atom stereocenters. The molecule has 0 aromatic rings. The van der Waals surface area contributed by atoms with Gasteiger partial charge in [-0.1, -0.05) is 0 Å². The fraction of sp³-hybridized carbons (Fsp3) is 0.400. The van der Waals surface area contributed by atoms with Crippen molar-refractivity contribution < 1.29 is 0 Å². The van der Waals surface area contributed by atoms with Gasteiger partial charge in [0.2, 0.25) is 0 Å². The Kier molecular flexibility index (Phi) is 1.90. The van der Waals surface area contributed by atoms with Crippen molar-refractivity contribution in [3.63, 3.8) is 0 Å². The summed E-state index contributed by atoms with van der Waals surface area (Å²) in [5, 5.41) is 7.63. The predicted molar refractivity (Wildman–Crippen MR) is 48.7 cm³/mol. The van der Waals surface area contributed by atoms with E-state index in [4.69, 9.17) is 5.41 Å². The van der Waals surface area contributed by atoms with Crippen molar-refractivity contribution in [1.29, 1.82) is 5.41 Å². The van der Waals surface area contributed by atoms with E-state index in [0.29, 0.717) is 5.71 Å². The van der Waals surface area contributed by atoms with Gasteiger partial charge < -0.3 is 0 Å². The van der Waals surface area contributed by atoms with E-state index in [1.807, 2.05) is 24.6 Å². The molecule has 58 valence electrons. The molecule has 0 radical (unpaired) electrons. The number of nitrogens with one attached hydrogen (secondary N) is 1. The molecular formula is C10H14N+. The molecule has 0 spiro atoms. The van der Waals surface area contributed by atoms with Gasteiger partial charge in [-0.15, -0.1) is 0 Å². The summed E-state index contributed by atoms with van der Waals surface area (Å²) in [6.45, 7) is 6.38. The van der Waals surface area contributed by atoms with Crippen LogP contribution >= 0.6 is 0 Å². The lowest BCUT2D eigenvalue weighted by Crippen LogP contribution is -2.18. The predicted octanol–water partition coefficient (Wildman–Crippen LogP) is 2.75. The van der Waals surface area contributed by atoms with Gasteiger partial charge in [-0.05, 0) is 20.8 Å². The first kappa shape index (κ1) is 8.12. The third-order valence-electron chi connectivity index (χ3n) is 1.74. The minimum atomic E-state index is 0.0956. The first-order valence-electron chi connectivity index (χ1n) is 3.83. The molecule has 0 fully saturated rings. The van der Waals surface area contributed by atoms with Crippen LogP contribution in [0.1, 0.15) is 20.8 Å². The van der Waals surface area contributed by atoms with E-state index in [0.717, 1.165) is 5.57 Å². The topological polar surface area (TPSA) is 23.9 Å².